The van der Waals surface area contributed by atoms with Gasteiger partial charge in [-0.2, -0.15) is 0 Å². The molecule has 0 fully saturated rings. The Labute approximate surface area is 815 Å². The van der Waals surface area contributed by atoms with E-state index in [0.717, 1.165) is 203 Å². The maximum absolute atomic E-state index is 5.14. The molecule has 0 spiro atoms. The molecular formula is C128H83N13. The smallest absolute Gasteiger partial charge is 0.160 e. The molecule has 13 heteroatoms. The summed E-state index contributed by atoms with van der Waals surface area (Å²) in [6, 6.07) is 167. The fourth-order valence-corrected chi connectivity index (χ4v) is 19.8. The zero-order valence-electron chi connectivity index (χ0n) is 76.2. The van der Waals surface area contributed by atoms with Gasteiger partial charge in [-0.15, -0.1) is 0 Å². The molecule has 24 aromatic rings. The van der Waals surface area contributed by atoms with E-state index >= 15 is 0 Å². The number of benzene rings is 18. The van der Waals surface area contributed by atoms with Crippen molar-refractivity contribution >= 4 is 83.8 Å². The molecule has 18 aromatic carbocycles. The highest BCUT2D eigenvalue weighted by Gasteiger charge is 2.33. The van der Waals surface area contributed by atoms with Crippen LogP contribution in [0.1, 0.15) is 0 Å². The van der Waals surface area contributed by atoms with Gasteiger partial charge in [-0.25, -0.2) is 49.8 Å². The molecule has 0 aliphatic carbocycles. The van der Waals surface area contributed by atoms with Crippen molar-refractivity contribution in [2.45, 2.75) is 0 Å². The first-order valence-corrected chi connectivity index (χ1v) is 47.2. The molecule has 0 radical (unpaired) electrons. The lowest BCUT2D eigenvalue weighted by molar-refractivity contribution is 1.11. The molecule has 141 heavy (non-hydrogen) atoms. The van der Waals surface area contributed by atoms with Gasteiger partial charge in [0.1, 0.15) is 18.5 Å². The van der Waals surface area contributed by atoms with Crippen molar-refractivity contribution in [1.82, 2.24) is 49.8 Å². The van der Waals surface area contributed by atoms with E-state index in [0.29, 0.717) is 5.82 Å². The summed E-state index contributed by atoms with van der Waals surface area (Å²) in [4.78, 5) is 55.9. The number of rotatable bonds is 15. The minimum Gasteiger partial charge on any atom is -0.309 e. The molecule has 27 rings (SSSR count). The van der Waals surface area contributed by atoms with Crippen LogP contribution in [0, 0.1) is 0 Å². The summed E-state index contributed by atoms with van der Waals surface area (Å²) < 4.78 is 0. The summed E-state index contributed by atoms with van der Waals surface area (Å²) in [7, 11) is 0. The lowest BCUT2D eigenvalue weighted by Crippen LogP contribution is -2.16. The van der Waals surface area contributed by atoms with E-state index in [1.807, 2.05) is 91.3 Å². The molecule has 0 N–H and O–H groups in total. The van der Waals surface area contributed by atoms with E-state index in [9.17, 15) is 0 Å². The number of hydrogen-bond donors (Lipinski definition) is 0. The predicted octanol–water partition coefficient (Wildman–Crippen LogP) is 32.8. The highest BCUT2D eigenvalue weighted by molar-refractivity contribution is 6.17. The molecule has 0 amide bonds. The van der Waals surface area contributed by atoms with Gasteiger partial charge in [-0.3, -0.25) is 4.90 Å². The molecule has 0 bridgehead atoms. The lowest BCUT2D eigenvalue weighted by atomic mass is 9.90. The van der Waals surface area contributed by atoms with Gasteiger partial charge in [0, 0.05) is 95.2 Å². The Morgan fingerprint density at radius 3 is 0.979 bits per heavy atom. The van der Waals surface area contributed by atoms with E-state index in [-0.39, 0.29) is 0 Å². The van der Waals surface area contributed by atoms with Crippen molar-refractivity contribution in [2.75, 3.05) is 14.7 Å². The molecule has 0 saturated heterocycles. The van der Waals surface area contributed by atoms with Crippen LogP contribution in [0.25, 0.3) is 201 Å². The number of pyridine rings is 2. The van der Waals surface area contributed by atoms with E-state index < -0.39 is 0 Å². The summed E-state index contributed by atoms with van der Waals surface area (Å²) in [5.41, 5.74) is 38.8. The van der Waals surface area contributed by atoms with E-state index in [1.165, 1.54) is 43.8 Å². The number of nitrogens with zero attached hydrogens (tertiary/aromatic N) is 13. The summed E-state index contributed by atoms with van der Waals surface area (Å²) in [5, 5.41) is 5.79. The van der Waals surface area contributed by atoms with E-state index in [1.54, 1.807) is 12.7 Å². The van der Waals surface area contributed by atoms with Crippen LogP contribution in [0.15, 0.2) is 504 Å². The summed E-state index contributed by atoms with van der Waals surface area (Å²) in [6.07, 6.45) is 7.14. The van der Waals surface area contributed by atoms with E-state index in [2.05, 4.69) is 425 Å². The molecular weight excluding hydrogens is 1720 g/mol. The number of fused-ring (bicyclic) bond motifs is 6. The normalized spacial score (nSPS) is 11.8. The molecule has 9 heterocycles. The molecule has 0 saturated carbocycles. The number of hydrogen-bond acceptors (Lipinski definition) is 13. The third kappa shape index (κ3) is 16.0. The molecule has 13 nitrogen and oxygen atoms in total. The van der Waals surface area contributed by atoms with Gasteiger partial charge < -0.3 is 9.80 Å². The van der Waals surface area contributed by atoms with E-state index in [4.69, 9.17) is 39.9 Å². The van der Waals surface area contributed by atoms with Crippen molar-refractivity contribution < 1.29 is 0 Å². The number of aromatic nitrogens is 10. The average molecular weight is 1800 g/mol. The largest absolute Gasteiger partial charge is 0.309 e. The third-order valence-electron chi connectivity index (χ3n) is 26.5. The minimum atomic E-state index is 0.685. The molecule has 3 aliphatic rings. The Bertz CT molecular complexity index is 7810. The van der Waals surface area contributed by atoms with Gasteiger partial charge in [0.25, 0.3) is 0 Å². The van der Waals surface area contributed by atoms with Crippen LogP contribution >= 0.6 is 0 Å². The standard InChI is InChI=1S/2C43H28N4.C42H27N5/c1-4-11-29(12-5-1)34-23-33-17-10-18-41-42(33)37(24-34)38-27-44-28-45-43(38)47(41)36-21-19-32(20-22-36)40-26-35(30-13-6-2-7-14-30)25-39(46-40)31-15-8-3-9-16-31;1-4-11-29(12-5-1)34-23-33-17-10-18-40-42(33)37(24-34)43-41(27-44-28-45-43)47(40)36-21-19-32(20-22-36)39-26-35(30-13-6-2-7-14-30)25-38(46-39)31-15-8-3-9-16-31;1-4-13-28(14-5-1)35-27-36(29-15-6-2-7-16-29)45-41(44-35)31-23-25-32(26-24-31)47-37-21-11-10-19-33(37)40-39-34(20-12-22-38(39)47)43-42(46-40)30-17-8-3-9-18-30/h2*1-28H;1-27H. The Kier molecular flexibility index (Phi) is 21.6. The van der Waals surface area contributed by atoms with Crippen LogP contribution < -0.4 is 14.7 Å². The average Bonchev–Trinajstić information content (AvgIpc) is 0.729. The second-order valence-electron chi connectivity index (χ2n) is 35.1. The van der Waals surface area contributed by atoms with Crippen LogP contribution in [-0.4, -0.2) is 49.8 Å². The SMILES string of the molecule is c1ccc(-c2cc(-c3ccccc3)nc(-c3ccc(N4c5ccccc5-c5nc(-c6ccccc6)nc6cccc4c56)cc3)n2)cc1.c1ccc(-c2cc(-c3ccccc3)nc(-c3ccc(N4c5cncnc5-c5cc(-c6ccccc6)cc6cccc4c56)cc3)c2)cc1.c1ccc(-c2cc(-c3ccccc3)nc(-c3ccc(N4c5ncncc5-c5cc(-c6ccccc6)cc6cccc4c56)cc3)c2)cc1. The zero-order chi connectivity index (χ0) is 93.5. The maximum atomic E-state index is 5.14. The quantitative estimate of drug-likeness (QED) is 0.0963. The molecule has 3 aliphatic heterocycles. The summed E-state index contributed by atoms with van der Waals surface area (Å²) in [5.74, 6) is 2.28. The molecule has 0 atom stereocenters. The number of anilines is 9. The first kappa shape index (κ1) is 83.6. The van der Waals surface area contributed by atoms with Crippen molar-refractivity contribution in [3.63, 3.8) is 0 Å². The highest BCUT2D eigenvalue weighted by Crippen LogP contribution is 2.55. The maximum Gasteiger partial charge on any atom is 0.160 e. The van der Waals surface area contributed by atoms with Gasteiger partial charge in [0.15, 0.2) is 11.6 Å². The molecule has 6 aromatic heterocycles. The van der Waals surface area contributed by atoms with Crippen molar-refractivity contribution in [2.24, 2.45) is 0 Å². The van der Waals surface area contributed by atoms with Crippen molar-refractivity contribution in [3.05, 3.63) is 504 Å². The monoisotopic (exact) mass is 1800 g/mol. The first-order chi connectivity index (χ1) is 69.9. The topological polar surface area (TPSA) is 139 Å². The highest BCUT2D eigenvalue weighted by atomic mass is 15.2. The predicted molar refractivity (Wildman–Crippen MR) is 576 cm³/mol. The van der Waals surface area contributed by atoms with Crippen LogP contribution in [0.3, 0.4) is 0 Å². The zero-order valence-corrected chi connectivity index (χ0v) is 76.2. The van der Waals surface area contributed by atoms with Crippen LogP contribution in [-0.2, 0) is 0 Å². The van der Waals surface area contributed by atoms with Gasteiger partial charge in [0.2, 0.25) is 0 Å². The van der Waals surface area contributed by atoms with Crippen LogP contribution in [0.2, 0.25) is 0 Å². The Balaban J connectivity index is 0.000000111. The fraction of sp³-hybridized carbons (Fsp3) is 0. The van der Waals surface area contributed by atoms with Crippen LogP contribution in [0.5, 0.6) is 0 Å². The van der Waals surface area contributed by atoms with Crippen molar-refractivity contribution in [1.29, 1.82) is 0 Å². The number of para-hydroxylation sites is 1. The van der Waals surface area contributed by atoms with Gasteiger partial charge in [-0.1, -0.05) is 346 Å². The molecule has 0 unspecified atom stereocenters. The summed E-state index contributed by atoms with van der Waals surface area (Å²) >= 11 is 0. The Morgan fingerprint density at radius 1 is 0.170 bits per heavy atom. The van der Waals surface area contributed by atoms with Gasteiger partial charge in [0.05, 0.1) is 91.1 Å². The third-order valence-corrected chi connectivity index (χ3v) is 26.5. The summed E-state index contributed by atoms with van der Waals surface area (Å²) in [6.45, 7) is 0. The van der Waals surface area contributed by atoms with Gasteiger partial charge >= 0.3 is 0 Å². The second-order valence-corrected chi connectivity index (χ2v) is 35.1. The first-order valence-electron chi connectivity index (χ1n) is 47.2. The van der Waals surface area contributed by atoms with Crippen molar-refractivity contribution in [3.8, 4) is 168 Å². The minimum absolute atomic E-state index is 0.685. The van der Waals surface area contributed by atoms with Crippen LogP contribution in [0.4, 0.5) is 51.3 Å². The lowest BCUT2D eigenvalue weighted by Gasteiger charge is -2.33. The fourth-order valence-electron chi connectivity index (χ4n) is 19.8. The van der Waals surface area contributed by atoms with Gasteiger partial charge in [-0.05, 0) is 194 Å². The Morgan fingerprint density at radius 2 is 0.504 bits per heavy atom. The second kappa shape index (κ2) is 36.5. The Hall–Kier alpha value is -19.2. The molecule has 660 valence electrons.